The highest BCUT2D eigenvalue weighted by atomic mass is 79.9. The maximum absolute atomic E-state index is 12.2. The number of rotatable bonds is 6. The molecule has 0 aromatic heterocycles. The SMILES string of the molecule is C[NH+](C)[C@H](CNC(=O)c1cccc(Br)c1)Cc1ccccc1. The highest BCUT2D eigenvalue weighted by Crippen LogP contribution is 2.11. The minimum Gasteiger partial charge on any atom is -0.346 e. The van der Waals surface area contributed by atoms with Gasteiger partial charge in [-0.25, -0.2) is 0 Å². The molecule has 116 valence electrons. The average Bonchev–Trinajstić information content (AvgIpc) is 2.51. The number of carbonyl (C=O) groups is 1. The van der Waals surface area contributed by atoms with Crippen molar-refractivity contribution in [1.82, 2.24) is 5.32 Å². The first kappa shape index (κ1) is 16.7. The lowest BCUT2D eigenvalue weighted by molar-refractivity contribution is -0.884. The molecule has 0 aliphatic heterocycles. The molecule has 1 amide bonds. The Labute approximate surface area is 140 Å². The van der Waals surface area contributed by atoms with Gasteiger partial charge in [0, 0.05) is 16.5 Å². The normalized spacial score (nSPS) is 12.2. The van der Waals surface area contributed by atoms with Crippen LogP contribution in [0, 0.1) is 0 Å². The monoisotopic (exact) mass is 361 g/mol. The van der Waals surface area contributed by atoms with Crippen molar-refractivity contribution in [1.29, 1.82) is 0 Å². The zero-order valence-electron chi connectivity index (χ0n) is 13.0. The number of carbonyl (C=O) groups excluding carboxylic acids is 1. The molecule has 4 heteroatoms. The van der Waals surface area contributed by atoms with Crippen LogP contribution in [0.1, 0.15) is 15.9 Å². The van der Waals surface area contributed by atoms with Crippen LogP contribution >= 0.6 is 15.9 Å². The first-order chi connectivity index (χ1) is 10.6. The van der Waals surface area contributed by atoms with E-state index < -0.39 is 0 Å². The number of amides is 1. The van der Waals surface area contributed by atoms with Crippen LogP contribution < -0.4 is 10.2 Å². The lowest BCUT2D eigenvalue weighted by Gasteiger charge is -2.22. The first-order valence-corrected chi connectivity index (χ1v) is 8.23. The summed E-state index contributed by atoms with van der Waals surface area (Å²) in [7, 11) is 4.25. The summed E-state index contributed by atoms with van der Waals surface area (Å²) >= 11 is 3.39. The largest absolute Gasteiger partial charge is 0.346 e. The molecule has 0 bridgehead atoms. The van der Waals surface area contributed by atoms with Crippen LogP contribution in [0.3, 0.4) is 0 Å². The zero-order valence-corrected chi connectivity index (χ0v) is 14.6. The first-order valence-electron chi connectivity index (χ1n) is 7.44. The lowest BCUT2D eigenvalue weighted by Crippen LogP contribution is -3.11. The van der Waals surface area contributed by atoms with Crippen molar-refractivity contribution in [3.63, 3.8) is 0 Å². The van der Waals surface area contributed by atoms with Crippen LogP contribution in [0.4, 0.5) is 0 Å². The van der Waals surface area contributed by atoms with Gasteiger partial charge in [-0.15, -0.1) is 0 Å². The zero-order chi connectivity index (χ0) is 15.9. The highest BCUT2D eigenvalue weighted by molar-refractivity contribution is 9.10. The van der Waals surface area contributed by atoms with E-state index in [4.69, 9.17) is 0 Å². The molecule has 1 atom stereocenters. The molecule has 0 spiro atoms. The van der Waals surface area contributed by atoms with E-state index in [0.29, 0.717) is 18.2 Å². The Morgan fingerprint density at radius 1 is 1.14 bits per heavy atom. The van der Waals surface area contributed by atoms with Crippen molar-refractivity contribution >= 4 is 21.8 Å². The second-order valence-electron chi connectivity index (χ2n) is 5.68. The summed E-state index contributed by atoms with van der Waals surface area (Å²) in [6.45, 7) is 0.655. The molecule has 0 aliphatic rings. The summed E-state index contributed by atoms with van der Waals surface area (Å²) in [5, 5.41) is 3.05. The van der Waals surface area contributed by atoms with Gasteiger partial charge in [-0.1, -0.05) is 52.3 Å². The van der Waals surface area contributed by atoms with E-state index in [1.54, 1.807) is 0 Å². The predicted octanol–water partition coefficient (Wildman–Crippen LogP) is 1.93. The number of likely N-dealkylation sites (N-methyl/N-ethyl adjacent to an activating group) is 1. The van der Waals surface area contributed by atoms with Crippen molar-refractivity contribution in [2.45, 2.75) is 12.5 Å². The Morgan fingerprint density at radius 2 is 1.86 bits per heavy atom. The molecule has 0 aliphatic carbocycles. The third-order valence-electron chi connectivity index (χ3n) is 3.74. The maximum atomic E-state index is 12.2. The third-order valence-corrected chi connectivity index (χ3v) is 4.23. The van der Waals surface area contributed by atoms with Gasteiger partial charge in [0.05, 0.1) is 20.6 Å². The van der Waals surface area contributed by atoms with Gasteiger partial charge in [0.15, 0.2) is 0 Å². The third kappa shape index (κ3) is 4.97. The van der Waals surface area contributed by atoms with E-state index in [9.17, 15) is 4.79 Å². The van der Waals surface area contributed by atoms with E-state index >= 15 is 0 Å². The van der Waals surface area contributed by atoms with Crippen LogP contribution in [0.5, 0.6) is 0 Å². The Balaban J connectivity index is 1.96. The van der Waals surface area contributed by atoms with Gasteiger partial charge in [0.1, 0.15) is 6.04 Å². The van der Waals surface area contributed by atoms with E-state index in [-0.39, 0.29) is 5.91 Å². The summed E-state index contributed by atoms with van der Waals surface area (Å²) in [4.78, 5) is 13.6. The number of nitrogens with one attached hydrogen (secondary N) is 2. The van der Waals surface area contributed by atoms with Gasteiger partial charge in [-0.2, -0.15) is 0 Å². The Kier molecular flexibility index (Phi) is 6.16. The Hall–Kier alpha value is -1.65. The molecular weight excluding hydrogens is 340 g/mol. The molecule has 0 fully saturated rings. The van der Waals surface area contributed by atoms with E-state index in [1.807, 2.05) is 30.3 Å². The fraction of sp³-hybridized carbons (Fsp3) is 0.278. The quantitative estimate of drug-likeness (QED) is 0.809. The number of hydrogen-bond donors (Lipinski definition) is 2. The summed E-state index contributed by atoms with van der Waals surface area (Å²) < 4.78 is 0.916. The van der Waals surface area contributed by atoms with Crippen LogP contribution in [0.15, 0.2) is 59.1 Å². The van der Waals surface area contributed by atoms with Crippen LogP contribution in [-0.2, 0) is 6.42 Å². The smallest absolute Gasteiger partial charge is 0.251 e. The van der Waals surface area contributed by atoms with Crippen molar-refractivity contribution in [3.05, 3.63) is 70.2 Å². The van der Waals surface area contributed by atoms with E-state index in [0.717, 1.165) is 10.9 Å². The summed E-state index contributed by atoms with van der Waals surface area (Å²) in [5.74, 6) is -0.0272. The van der Waals surface area contributed by atoms with Crippen molar-refractivity contribution in [2.24, 2.45) is 0 Å². The van der Waals surface area contributed by atoms with E-state index in [1.165, 1.54) is 10.5 Å². The molecular formula is C18H22BrN2O+. The molecule has 3 nitrogen and oxygen atoms in total. The second-order valence-corrected chi connectivity index (χ2v) is 6.60. The van der Waals surface area contributed by atoms with Gasteiger partial charge >= 0.3 is 0 Å². The lowest BCUT2D eigenvalue weighted by atomic mass is 10.1. The molecule has 2 rings (SSSR count). The fourth-order valence-electron chi connectivity index (χ4n) is 2.33. The van der Waals surface area contributed by atoms with Gasteiger partial charge in [-0.3, -0.25) is 4.79 Å². The Morgan fingerprint density at radius 3 is 2.50 bits per heavy atom. The maximum Gasteiger partial charge on any atom is 0.251 e. The molecule has 0 radical (unpaired) electrons. The van der Waals surface area contributed by atoms with Crippen molar-refractivity contribution < 1.29 is 9.69 Å². The summed E-state index contributed by atoms with van der Waals surface area (Å²) in [6, 6.07) is 18.2. The molecule has 0 heterocycles. The van der Waals surface area contributed by atoms with Crippen LogP contribution in [-0.4, -0.2) is 32.6 Å². The summed E-state index contributed by atoms with van der Waals surface area (Å²) in [5.41, 5.74) is 1.98. The molecule has 0 unspecified atom stereocenters. The number of hydrogen-bond acceptors (Lipinski definition) is 1. The highest BCUT2D eigenvalue weighted by Gasteiger charge is 2.17. The topological polar surface area (TPSA) is 33.5 Å². The molecule has 2 aromatic carbocycles. The minimum atomic E-state index is -0.0272. The molecule has 0 saturated carbocycles. The standard InChI is InChI=1S/C18H21BrN2O/c1-21(2)17(11-14-7-4-3-5-8-14)13-20-18(22)15-9-6-10-16(19)12-15/h3-10,12,17H,11,13H2,1-2H3,(H,20,22)/p+1/t17-/m0/s1. The minimum absolute atomic E-state index is 0.0272. The van der Waals surface area contributed by atoms with Crippen molar-refractivity contribution in [3.8, 4) is 0 Å². The number of halogens is 1. The van der Waals surface area contributed by atoms with E-state index in [2.05, 4.69) is 59.6 Å². The molecule has 22 heavy (non-hydrogen) atoms. The average molecular weight is 362 g/mol. The number of quaternary nitrogens is 1. The summed E-state index contributed by atoms with van der Waals surface area (Å²) in [6.07, 6.45) is 0.946. The second kappa shape index (κ2) is 8.11. The molecule has 2 N–H and O–H groups in total. The Bertz CT molecular complexity index is 613. The van der Waals surface area contributed by atoms with Crippen LogP contribution in [0.25, 0.3) is 0 Å². The molecule has 2 aromatic rings. The fourth-order valence-corrected chi connectivity index (χ4v) is 2.73. The predicted molar refractivity (Wildman–Crippen MR) is 93.2 cm³/mol. The van der Waals surface area contributed by atoms with Gasteiger partial charge in [0.25, 0.3) is 5.91 Å². The number of benzene rings is 2. The van der Waals surface area contributed by atoms with Gasteiger partial charge < -0.3 is 10.2 Å². The molecule has 0 saturated heterocycles. The van der Waals surface area contributed by atoms with Crippen molar-refractivity contribution in [2.75, 3.05) is 20.6 Å². The van der Waals surface area contributed by atoms with Gasteiger partial charge in [0.2, 0.25) is 0 Å². The van der Waals surface area contributed by atoms with Gasteiger partial charge in [-0.05, 0) is 23.8 Å². The van der Waals surface area contributed by atoms with Crippen LogP contribution in [0.2, 0.25) is 0 Å².